The number of phosphoric acid groups is 1. The van der Waals surface area contributed by atoms with Crippen LogP contribution in [0.4, 0.5) is 0 Å². The molecule has 2 N–H and O–H groups in total. The van der Waals surface area contributed by atoms with Gasteiger partial charge in [0, 0.05) is 0 Å². The Kier molecular flexibility index (Phi) is 36.0. The number of unbranched alkanes of at least 4 members (excludes halogenated alkanes) is 29. The molecule has 0 heterocycles. The third-order valence-corrected chi connectivity index (χ3v) is 9.80. The third kappa shape index (κ3) is 38.3. The van der Waals surface area contributed by atoms with Gasteiger partial charge in [-0.1, -0.05) is 194 Å². The lowest BCUT2D eigenvalue weighted by Gasteiger charge is -2.22. The van der Waals surface area contributed by atoms with E-state index >= 15 is 0 Å². The summed E-state index contributed by atoms with van der Waals surface area (Å²) in [4.78, 5) is 20.1. The number of phosphoric ester groups is 1. The molecule has 0 spiro atoms. The molecule has 0 aliphatic heterocycles. The summed E-state index contributed by atoms with van der Waals surface area (Å²) in [5, 5.41) is 0. The Labute approximate surface area is 276 Å². The van der Waals surface area contributed by atoms with Crippen LogP contribution in [0.2, 0.25) is 0 Å². The Balaban J connectivity index is 3.69. The zero-order chi connectivity index (χ0) is 32.2. The molecule has 0 bridgehead atoms. The van der Waals surface area contributed by atoms with Gasteiger partial charge in [-0.25, -0.2) is 4.57 Å². The van der Waals surface area contributed by atoms with Crippen LogP contribution in [0.3, 0.4) is 0 Å². The molecule has 6 heteroatoms. The molecular weight excluding hydrogens is 565 g/mol. The van der Waals surface area contributed by atoms with Gasteiger partial charge in [-0.15, -0.1) is 0 Å². The lowest BCUT2D eigenvalue weighted by atomic mass is 10.0. The monoisotopic (exact) mass is 646 g/mol. The lowest BCUT2D eigenvalue weighted by molar-refractivity contribution is 0.193. The molecule has 0 amide bonds. The molecule has 266 valence electrons. The van der Waals surface area contributed by atoms with Gasteiger partial charge >= 0.3 is 7.82 Å². The number of rotatable bonds is 38. The zero-order valence-electron chi connectivity index (χ0n) is 30.1. The molecule has 0 rings (SSSR count). The maximum absolute atomic E-state index is 10.6. The summed E-state index contributed by atoms with van der Waals surface area (Å²) in [6.07, 6.45) is 43.5. The number of nitrogens with zero attached hydrogens (tertiary/aromatic N) is 1. The van der Waals surface area contributed by atoms with Crippen molar-refractivity contribution in [2.24, 2.45) is 0 Å². The Morgan fingerprint density at radius 2 is 0.614 bits per heavy atom. The van der Waals surface area contributed by atoms with Crippen molar-refractivity contribution < 1.29 is 18.9 Å². The van der Waals surface area contributed by atoms with Crippen molar-refractivity contribution in [3.05, 3.63) is 0 Å². The van der Waals surface area contributed by atoms with Gasteiger partial charge in [0.15, 0.2) is 0 Å². The van der Waals surface area contributed by atoms with E-state index in [9.17, 15) is 4.57 Å². The van der Waals surface area contributed by atoms with Gasteiger partial charge in [-0.3, -0.25) is 4.52 Å². The molecule has 44 heavy (non-hydrogen) atoms. The number of hydrogen-bond acceptors (Lipinski definition) is 3. The second-order valence-electron chi connectivity index (χ2n) is 13.8. The highest BCUT2D eigenvalue weighted by Gasteiger charge is 2.12. The summed E-state index contributed by atoms with van der Waals surface area (Å²) < 4.78 is 15.1. The van der Waals surface area contributed by atoms with Gasteiger partial charge in [-0.2, -0.15) is 0 Å². The second-order valence-corrected chi connectivity index (χ2v) is 15.0. The van der Waals surface area contributed by atoms with Crippen LogP contribution in [-0.2, 0) is 9.09 Å². The Morgan fingerprint density at radius 1 is 0.386 bits per heavy atom. The van der Waals surface area contributed by atoms with Crippen molar-refractivity contribution in [3.8, 4) is 0 Å². The molecular formula is C38H80NO4P. The Bertz CT molecular complexity index is 565. The highest BCUT2D eigenvalue weighted by Crippen LogP contribution is 2.35. The summed E-state index contributed by atoms with van der Waals surface area (Å²) in [5.74, 6) is 0. The molecule has 0 aromatic rings. The van der Waals surface area contributed by atoms with E-state index in [4.69, 9.17) is 9.79 Å². The fourth-order valence-electron chi connectivity index (χ4n) is 6.37. The van der Waals surface area contributed by atoms with Crippen LogP contribution in [0.15, 0.2) is 0 Å². The Hall–Kier alpha value is 0.0700. The van der Waals surface area contributed by atoms with E-state index in [1.165, 1.54) is 206 Å². The van der Waals surface area contributed by atoms with E-state index < -0.39 is 7.82 Å². The van der Waals surface area contributed by atoms with Crippen LogP contribution in [0, 0.1) is 0 Å². The SMILES string of the molecule is CCCCCCCCCCN(CCCCCCCCCC)CCCCCCCCCCCCCCCCCCOP(=O)(O)O. The largest absolute Gasteiger partial charge is 0.469 e. The summed E-state index contributed by atoms with van der Waals surface area (Å²) in [7, 11) is -4.28. The minimum atomic E-state index is -4.28. The van der Waals surface area contributed by atoms with Gasteiger partial charge in [0.2, 0.25) is 0 Å². The molecule has 0 unspecified atom stereocenters. The van der Waals surface area contributed by atoms with Crippen molar-refractivity contribution in [2.75, 3.05) is 26.2 Å². The zero-order valence-corrected chi connectivity index (χ0v) is 31.0. The minimum absolute atomic E-state index is 0.168. The van der Waals surface area contributed by atoms with Crippen LogP contribution < -0.4 is 0 Å². The predicted molar refractivity (Wildman–Crippen MR) is 194 cm³/mol. The first kappa shape index (κ1) is 44.1. The smallest absolute Gasteiger partial charge is 0.303 e. The maximum Gasteiger partial charge on any atom is 0.469 e. The molecule has 0 fully saturated rings. The van der Waals surface area contributed by atoms with Gasteiger partial charge < -0.3 is 14.7 Å². The van der Waals surface area contributed by atoms with Crippen molar-refractivity contribution in [2.45, 2.75) is 219 Å². The normalized spacial score (nSPS) is 12.1. The predicted octanol–water partition coefficient (Wildman–Crippen LogP) is 12.9. The molecule has 0 saturated heterocycles. The Morgan fingerprint density at radius 3 is 0.864 bits per heavy atom. The van der Waals surface area contributed by atoms with Gasteiger partial charge in [0.05, 0.1) is 6.61 Å². The van der Waals surface area contributed by atoms with E-state index in [0.717, 1.165) is 19.3 Å². The molecule has 0 aliphatic carbocycles. The van der Waals surface area contributed by atoms with E-state index in [2.05, 4.69) is 23.3 Å². The topological polar surface area (TPSA) is 70.0 Å². The summed E-state index contributed by atoms with van der Waals surface area (Å²) >= 11 is 0. The van der Waals surface area contributed by atoms with Crippen LogP contribution in [0.25, 0.3) is 0 Å². The van der Waals surface area contributed by atoms with Gasteiger partial charge in [0.25, 0.3) is 0 Å². The summed E-state index contributed by atoms with van der Waals surface area (Å²) in [5.41, 5.74) is 0. The third-order valence-electron chi connectivity index (χ3n) is 9.28. The van der Waals surface area contributed by atoms with Crippen molar-refractivity contribution in [1.29, 1.82) is 0 Å². The fraction of sp³-hybridized carbons (Fsp3) is 1.00. The highest BCUT2D eigenvalue weighted by atomic mass is 31.2. The van der Waals surface area contributed by atoms with Crippen LogP contribution in [0.5, 0.6) is 0 Å². The van der Waals surface area contributed by atoms with Gasteiger partial charge in [0.1, 0.15) is 0 Å². The van der Waals surface area contributed by atoms with Crippen molar-refractivity contribution >= 4 is 7.82 Å². The first-order chi connectivity index (χ1) is 21.5. The van der Waals surface area contributed by atoms with E-state index in [1.807, 2.05) is 0 Å². The van der Waals surface area contributed by atoms with Crippen LogP contribution in [0.1, 0.15) is 219 Å². The number of hydrogen-bond donors (Lipinski definition) is 2. The second kappa shape index (κ2) is 35.9. The molecule has 0 aromatic heterocycles. The molecule has 0 aliphatic rings. The van der Waals surface area contributed by atoms with E-state index in [-0.39, 0.29) is 6.61 Å². The lowest BCUT2D eigenvalue weighted by Crippen LogP contribution is -2.27. The first-order valence-electron chi connectivity index (χ1n) is 19.9. The first-order valence-corrected chi connectivity index (χ1v) is 21.4. The minimum Gasteiger partial charge on any atom is -0.303 e. The molecule has 0 saturated carbocycles. The van der Waals surface area contributed by atoms with E-state index in [0.29, 0.717) is 0 Å². The maximum atomic E-state index is 10.6. The van der Waals surface area contributed by atoms with E-state index in [1.54, 1.807) is 0 Å². The van der Waals surface area contributed by atoms with Crippen LogP contribution in [-0.4, -0.2) is 40.9 Å². The molecule has 0 aromatic carbocycles. The molecule has 5 nitrogen and oxygen atoms in total. The average molecular weight is 646 g/mol. The fourth-order valence-corrected chi connectivity index (χ4v) is 6.74. The summed E-state index contributed by atoms with van der Waals surface area (Å²) in [6, 6.07) is 0. The van der Waals surface area contributed by atoms with Crippen molar-refractivity contribution in [3.63, 3.8) is 0 Å². The highest BCUT2D eigenvalue weighted by molar-refractivity contribution is 7.46. The quantitative estimate of drug-likeness (QED) is 0.0516. The standard InChI is InChI=1S/C38H80NO4P/c1-3-5-7-9-11-23-27-31-35-39(36-32-28-24-12-10-8-6-4-2)37-33-29-25-21-19-17-15-13-14-16-18-20-22-26-30-34-38-43-44(40,41)42/h3-38H2,1-2H3,(H2,40,41,42). The molecule has 0 radical (unpaired) electrons. The molecule has 0 atom stereocenters. The summed E-state index contributed by atoms with van der Waals surface area (Å²) in [6.45, 7) is 8.79. The van der Waals surface area contributed by atoms with Gasteiger partial charge in [-0.05, 0) is 45.3 Å². The average Bonchev–Trinajstić information content (AvgIpc) is 2.99. The van der Waals surface area contributed by atoms with Crippen molar-refractivity contribution in [1.82, 2.24) is 4.90 Å². The van der Waals surface area contributed by atoms with Crippen LogP contribution >= 0.6 is 7.82 Å².